The molecular weight excluding hydrogens is 344 g/mol. The Bertz CT molecular complexity index is 1070. The summed E-state index contributed by atoms with van der Waals surface area (Å²) in [6.07, 6.45) is 2.98. The number of anilines is 1. The fourth-order valence-electron chi connectivity index (χ4n) is 3.43. The number of nitrogens with one attached hydrogen (secondary N) is 1. The molecule has 1 amide bonds. The predicted octanol–water partition coefficient (Wildman–Crippen LogP) is 2.23. The first-order valence-corrected chi connectivity index (χ1v) is 9.28. The molecule has 0 spiro atoms. The van der Waals surface area contributed by atoms with Gasteiger partial charge >= 0.3 is 0 Å². The van der Waals surface area contributed by atoms with Crippen LogP contribution in [0.4, 0.5) is 5.95 Å². The number of benzene rings is 1. The molecule has 27 heavy (non-hydrogen) atoms. The Hall–Kier alpha value is -3.03. The molecule has 4 rings (SSSR count). The largest absolute Gasteiger partial charge is 0.297 e. The smallest absolute Gasteiger partial charge is 0.279 e. The highest BCUT2D eigenvalue weighted by Gasteiger charge is 2.21. The van der Waals surface area contributed by atoms with Crippen molar-refractivity contribution in [2.75, 3.05) is 5.32 Å². The van der Waals surface area contributed by atoms with E-state index in [1.165, 1.54) is 4.68 Å². The second kappa shape index (κ2) is 6.94. The highest BCUT2D eigenvalue weighted by molar-refractivity contribution is 6.10. The summed E-state index contributed by atoms with van der Waals surface area (Å²) in [5.41, 5.74) is 0.0368. The van der Waals surface area contributed by atoms with Gasteiger partial charge in [0.15, 0.2) is 5.69 Å². The molecule has 1 aliphatic heterocycles. The van der Waals surface area contributed by atoms with Crippen LogP contribution in [0.2, 0.25) is 0 Å². The molecule has 8 nitrogen and oxygen atoms in total. The van der Waals surface area contributed by atoms with Crippen molar-refractivity contribution < 1.29 is 4.79 Å². The first-order valence-electron chi connectivity index (χ1n) is 9.28. The zero-order valence-corrected chi connectivity index (χ0v) is 15.5. The monoisotopic (exact) mass is 366 g/mol. The molecular formula is C19H22N6O2. The van der Waals surface area contributed by atoms with Gasteiger partial charge in [-0.2, -0.15) is 5.10 Å². The Kier molecular flexibility index (Phi) is 4.47. The van der Waals surface area contributed by atoms with Gasteiger partial charge in [-0.1, -0.05) is 32.0 Å². The third-order valence-corrected chi connectivity index (χ3v) is 4.71. The molecule has 0 saturated carbocycles. The molecule has 3 aromatic rings. The van der Waals surface area contributed by atoms with Crippen molar-refractivity contribution in [2.24, 2.45) is 5.92 Å². The van der Waals surface area contributed by atoms with Crippen LogP contribution in [-0.2, 0) is 19.5 Å². The molecule has 3 heterocycles. The maximum absolute atomic E-state index is 13.0. The van der Waals surface area contributed by atoms with Crippen molar-refractivity contribution in [3.8, 4) is 0 Å². The number of carbonyl (C=O) groups excluding carboxylic acids is 1. The minimum absolute atomic E-state index is 0.185. The summed E-state index contributed by atoms with van der Waals surface area (Å²) >= 11 is 0. The fraction of sp³-hybridized carbons (Fsp3) is 0.421. The van der Waals surface area contributed by atoms with E-state index in [4.69, 9.17) is 0 Å². The van der Waals surface area contributed by atoms with Crippen molar-refractivity contribution in [2.45, 2.75) is 46.2 Å². The standard InChI is InChI=1S/C19H22N6O2/c1-12(2)11-25-18(27)14-8-4-3-7-13(14)16(23-25)17(26)20-19-22-21-15-9-5-6-10-24(15)19/h3-4,7-8,12H,5-6,9-11H2,1-2H3,(H,20,22,26). The summed E-state index contributed by atoms with van der Waals surface area (Å²) in [5.74, 6) is 1.17. The van der Waals surface area contributed by atoms with Crippen LogP contribution in [0, 0.1) is 5.92 Å². The number of hydrogen-bond acceptors (Lipinski definition) is 5. The Morgan fingerprint density at radius 3 is 2.74 bits per heavy atom. The summed E-state index contributed by atoms with van der Waals surface area (Å²) in [4.78, 5) is 25.7. The Morgan fingerprint density at radius 1 is 1.19 bits per heavy atom. The number of amides is 1. The number of rotatable bonds is 4. The van der Waals surface area contributed by atoms with E-state index >= 15 is 0 Å². The van der Waals surface area contributed by atoms with Crippen LogP contribution in [0.1, 0.15) is 43.0 Å². The lowest BCUT2D eigenvalue weighted by Crippen LogP contribution is -2.29. The minimum Gasteiger partial charge on any atom is -0.297 e. The SMILES string of the molecule is CC(C)Cn1nc(C(=O)Nc2nnc3n2CCCC3)c2ccccc2c1=O. The van der Waals surface area contributed by atoms with E-state index in [1.54, 1.807) is 24.3 Å². The summed E-state index contributed by atoms with van der Waals surface area (Å²) in [6, 6.07) is 7.07. The zero-order chi connectivity index (χ0) is 19.0. The van der Waals surface area contributed by atoms with Crippen LogP contribution in [0.25, 0.3) is 10.8 Å². The van der Waals surface area contributed by atoms with Gasteiger partial charge in [0.2, 0.25) is 5.95 Å². The number of fused-ring (bicyclic) bond motifs is 2. The number of nitrogens with zero attached hydrogens (tertiary/aromatic N) is 5. The average Bonchev–Trinajstić information content (AvgIpc) is 3.07. The number of aromatic nitrogens is 5. The lowest BCUT2D eigenvalue weighted by Gasteiger charge is -2.15. The predicted molar refractivity (Wildman–Crippen MR) is 102 cm³/mol. The molecule has 0 unspecified atom stereocenters. The number of carbonyl (C=O) groups is 1. The molecule has 1 aromatic carbocycles. The van der Waals surface area contributed by atoms with Crippen LogP contribution >= 0.6 is 0 Å². The third-order valence-electron chi connectivity index (χ3n) is 4.71. The van der Waals surface area contributed by atoms with Crippen LogP contribution in [0.3, 0.4) is 0 Å². The van der Waals surface area contributed by atoms with Crippen LogP contribution < -0.4 is 10.9 Å². The van der Waals surface area contributed by atoms with Gasteiger partial charge in [0.25, 0.3) is 11.5 Å². The fourth-order valence-corrected chi connectivity index (χ4v) is 3.43. The van der Waals surface area contributed by atoms with Crippen molar-refractivity contribution in [1.82, 2.24) is 24.5 Å². The van der Waals surface area contributed by atoms with Crippen molar-refractivity contribution in [1.29, 1.82) is 0 Å². The van der Waals surface area contributed by atoms with Gasteiger partial charge in [0, 0.05) is 24.9 Å². The minimum atomic E-state index is -0.385. The molecule has 8 heteroatoms. The molecule has 0 bridgehead atoms. The Balaban J connectivity index is 1.76. The maximum Gasteiger partial charge on any atom is 0.279 e. The zero-order valence-electron chi connectivity index (χ0n) is 15.5. The average molecular weight is 366 g/mol. The lowest BCUT2D eigenvalue weighted by molar-refractivity contribution is 0.102. The van der Waals surface area contributed by atoms with E-state index in [-0.39, 0.29) is 23.1 Å². The van der Waals surface area contributed by atoms with Crippen LogP contribution in [0.5, 0.6) is 0 Å². The van der Waals surface area contributed by atoms with Gasteiger partial charge in [0.05, 0.1) is 5.39 Å². The molecule has 0 saturated heterocycles. The molecule has 2 aromatic heterocycles. The normalized spacial score (nSPS) is 13.7. The molecule has 1 aliphatic rings. The van der Waals surface area contributed by atoms with Crippen LogP contribution in [-0.4, -0.2) is 30.5 Å². The van der Waals surface area contributed by atoms with Crippen molar-refractivity contribution >= 4 is 22.6 Å². The van der Waals surface area contributed by atoms with Gasteiger partial charge in [-0.3, -0.25) is 19.5 Å². The van der Waals surface area contributed by atoms with E-state index in [1.807, 2.05) is 18.4 Å². The van der Waals surface area contributed by atoms with E-state index in [9.17, 15) is 9.59 Å². The van der Waals surface area contributed by atoms with Gasteiger partial charge < -0.3 is 0 Å². The number of hydrogen-bond donors (Lipinski definition) is 1. The van der Waals surface area contributed by atoms with E-state index < -0.39 is 0 Å². The second-order valence-corrected chi connectivity index (χ2v) is 7.28. The Morgan fingerprint density at radius 2 is 1.96 bits per heavy atom. The summed E-state index contributed by atoms with van der Waals surface area (Å²) in [5, 5.41) is 16.5. The van der Waals surface area contributed by atoms with Gasteiger partial charge in [-0.25, -0.2) is 4.68 Å². The van der Waals surface area contributed by atoms with Crippen LogP contribution in [0.15, 0.2) is 29.1 Å². The van der Waals surface area contributed by atoms with E-state index in [0.717, 1.165) is 31.6 Å². The molecule has 0 atom stereocenters. The molecule has 140 valence electrons. The molecule has 0 radical (unpaired) electrons. The second-order valence-electron chi connectivity index (χ2n) is 7.28. The van der Waals surface area contributed by atoms with Gasteiger partial charge in [-0.05, 0) is 24.8 Å². The van der Waals surface area contributed by atoms with Crippen molar-refractivity contribution in [3.05, 3.63) is 46.1 Å². The molecule has 0 aliphatic carbocycles. The molecule has 1 N–H and O–H groups in total. The highest BCUT2D eigenvalue weighted by Crippen LogP contribution is 2.19. The van der Waals surface area contributed by atoms with E-state index in [0.29, 0.717) is 23.3 Å². The van der Waals surface area contributed by atoms with Gasteiger partial charge in [0.1, 0.15) is 5.82 Å². The summed E-state index contributed by atoms with van der Waals surface area (Å²) in [7, 11) is 0. The Labute approximate surface area is 156 Å². The third kappa shape index (κ3) is 3.22. The molecule has 0 fully saturated rings. The summed E-state index contributed by atoms with van der Waals surface area (Å²) < 4.78 is 3.31. The lowest BCUT2D eigenvalue weighted by atomic mass is 10.1. The number of aryl methyl sites for hydroxylation is 1. The summed E-state index contributed by atoms with van der Waals surface area (Å²) in [6.45, 7) is 5.25. The van der Waals surface area contributed by atoms with Gasteiger partial charge in [-0.15, -0.1) is 10.2 Å². The van der Waals surface area contributed by atoms with Crippen molar-refractivity contribution in [3.63, 3.8) is 0 Å². The first kappa shape index (κ1) is 17.4. The highest BCUT2D eigenvalue weighted by atomic mass is 16.2. The quantitative estimate of drug-likeness (QED) is 0.764. The topological polar surface area (TPSA) is 94.7 Å². The first-order chi connectivity index (χ1) is 13.0. The van der Waals surface area contributed by atoms with E-state index in [2.05, 4.69) is 20.6 Å². The maximum atomic E-state index is 13.0.